The third-order valence-corrected chi connectivity index (χ3v) is 14.3. The predicted molar refractivity (Wildman–Crippen MR) is 275 cm³/mol. The largest absolute Gasteiger partial charge is 0.492 e. The number of fused-ring (bicyclic) bond motifs is 2. The normalized spacial score (nSPS) is 17.7. The number of ether oxygens (including phenoxy) is 2. The summed E-state index contributed by atoms with van der Waals surface area (Å²) in [7, 11) is 3.77. The summed E-state index contributed by atoms with van der Waals surface area (Å²) < 4.78 is 15.7. The van der Waals surface area contributed by atoms with E-state index in [1.54, 1.807) is 15.5 Å². The highest BCUT2D eigenvalue weighted by atomic mass is 16.5. The van der Waals surface area contributed by atoms with Gasteiger partial charge in [-0.1, -0.05) is 54.6 Å². The van der Waals surface area contributed by atoms with E-state index in [9.17, 15) is 10.1 Å². The van der Waals surface area contributed by atoms with Gasteiger partial charge in [0.2, 0.25) is 5.91 Å². The van der Waals surface area contributed by atoms with Crippen molar-refractivity contribution in [2.45, 2.75) is 85.2 Å². The van der Waals surface area contributed by atoms with Gasteiger partial charge in [-0.2, -0.15) is 5.26 Å². The van der Waals surface area contributed by atoms with Crippen molar-refractivity contribution in [2.24, 2.45) is 14.1 Å². The van der Waals surface area contributed by atoms with E-state index in [0.29, 0.717) is 60.9 Å². The van der Waals surface area contributed by atoms with Crippen molar-refractivity contribution in [1.29, 1.82) is 5.26 Å². The first-order chi connectivity index (χ1) is 33.8. The van der Waals surface area contributed by atoms with E-state index in [1.165, 1.54) is 5.56 Å². The van der Waals surface area contributed by atoms with Crippen molar-refractivity contribution in [2.75, 3.05) is 37.7 Å². The van der Waals surface area contributed by atoms with E-state index >= 15 is 9.59 Å². The molecule has 3 amide bonds. The summed E-state index contributed by atoms with van der Waals surface area (Å²) in [6.45, 7) is 20.8. The van der Waals surface area contributed by atoms with E-state index < -0.39 is 0 Å². The molecule has 9 rings (SSSR count). The lowest BCUT2D eigenvalue weighted by molar-refractivity contribution is -0.131. The third-order valence-electron chi connectivity index (χ3n) is 14.3. The summed E-state index contributed by atoms with van der Waals surface area (Å²) in [6, 6.07) is 35.6. The van der Waals surface area contributed by atoms with Crippen molar-refractivity contribution in [3.63, 3.8) is 0 Å². The van der Waals surface area contributed by atoms with E-state index in [2.05, 4.69) is 63.1 Å². The molecular weight excluding hydrogens is 875 g/mol. The summed E-state index contributed by atoms with van der Waals surface area (Å²) in [5.74, 6) is 0.468. The lowest BCUT2D eigenvalue weighted by Crippen LogP contribution is -2.46. The van der Waals surface area contributed by atoms with Gasteiger partial charge in [-0.25, -0.2) is 0 Å². The highest BCUT2D eigenvalue weighted by molar-refractivity contribution is 6.13. The van der Waals surface area contributed by atoms with E-state index in [4.69, 9.17) is 9.47 Å². The highest BCUT2D eigenvalue weighted by Crippen LogP contribution is 2.38. The number of nitriles is 1. The fourth-order valence-corrected chi connectivity index (χ4v) is 10.3. The van der Waals surface area contributed by atoms with Crippen LogP contribution in [0.3, 0.4) is 0 Å². The average molecular weight is 940 g/mol. The summed E-state index contributed by atoms with van der Waals surface area (Å²) in [5.41, 5.74) is 11.1. The van der Waals surface area contributed by atoms with Crippen LogP contribution in [0.15, 0.2) is 116 Å². The van der Waals surface area contributed by atoms with Gasteiger partial charge >= 0.3 is 0 Å². The topological polar surface area (TPSA) is 116 Å². The van der Waals surface area contributed by atoms with Gasteiger partial charge in [0, 0.05) is 93.3 Å². The molecule has 2 aromatic heterocycles. The maximum Gasteiger partial charge on any atom is 0.264 e. The van der Waals surface area contributed by atoms with Crippen LogP contribution in [-0.4, -0.2) is 92.6 Å². The second-order valence-corrected chi connectivity index (χ2v) is 18.9. The van der Waals surface area contributed by atoms with E-state index in [1.807, 2.05) is 121 Å². The molecule has 6 aromatic rings. The number of para-hydroxylation sites is 1. The summed E-state index contributed by atoms with van der Waals surface area (Å²) >= 11 is 0. The third kappa shape index (κ3) is 10.1. The van der Waals surface area contributed by atoms with Gasteiger partial charge < -0.3 is 28.4 Å². The molecule has 362 valence electrons. The van der Waals surface area contributed by atoms with Crippen LogP contribution >= 0.6 is 0 Å². The smallest absolute Gasteiger partial charge is 0.264 e. The molecule has 1 saturated heterocycles. The van der Waals surface area contributed by atoms with Crippen molar-refractivity contribution < 1.29 is 23.9 Å². The molecule has 0 aliphatic carbocycles. The quantitative estimate of drug-likeness (QED) is 0.119. The summed E-state index contributed by atoms with van der Waals surface area (Å²) in [5, 5.41) is 9.92. The second-order valence-electron chi connectivity index (χ2n) is 18.9. The molecule has 0 saturated carbocycles. The van der Waals surface area contributed by atoms with Crippen LogP contribution in [0.1, 0.15) is 86.4 Å². The Morgan fingerprint density at radius 3 is 2.16 bits per heavy atom. The number of aromatic nitrogens is 2. The van der Waals surface area contributed by atoms with E-state index in [-0.39, 0.29) is 42.4 Å². The zero-order valence-electron chi connectivity index (χ0n) is 41.7. The number of hydrogen-bond donors (Lipinski definition) is 0. The second kappa shape index (κ2) is 21.2. The zero-order chi connectivity index (χ0) is 49.8. The van der Waals surface area contributed by atoms with Crippen LogP contribution in [0.4, 0.5) is 11.4 Å². The van der Waals surface area contributed by atoms with Crippen LogP contribution in [0, 0.1) is 25.2 Å². The molecule has 3 aliphatic rings. The fourth-order valence-electron chi connectivity index (χ4n) is 10.3. The maximum absolute atomic E-state index is 15.2. The van der Waals surface area contributed by atoms with Crippen LogP contribution in [0.5, 0.6) is 5.75 Å². The lowest BCUT2D eigenvalue weighted by atomic mass is 9.89. The Morgan fingerprint density at radius 2 is 1.47 bits per heavy atom. The van der Waals surface area contributed by atoms with Gasteiger partial charge in [-0.15, -0.1) is 13.2 Å². The molecule has 4 aromatic carbocycles. The Balaban J connectivity index is 0.00000325. The van der Waals surface area contributed by atoms with Gasteiger partial charge in [0.25, 0.3) is 11.8 Å². The van der Waals surface area contributed by atoms with Gasteiger partial charge in [-0.05, 0) is 124 Å². The zero-order valence-corrected chi connectivity index (χ0v) is 41.7. The number of carbonyl (C=O) groups excluding carboxylic acids is 3. The minimum absolute atomic E-state index is 0.0258. The number of nitrogens with zero attached hydrogens (tertiary/aromatic N) is 7. The number of amides is 3. The SMILES string of the molecule is C=C.Cc1c(N(C(=O)c2cc(-c3cc4c(cc3C(=O)N3Cc5ccccc5CC3C)CN(C(=O)Cc3ccc(OCCN5CC(C)O[C@@H](C)C5)cc3)CC4)n(C)c2C)c2ccccc2)cc(C#N)n1C. The first-order valence-electron chi connectivity index (χ1n) is 24.3. The first-order valence-corrected chi connectivity index (χ1v) is 24.3. The number of benzene rings is 4. The van der Waals surface area contributed by atoms with Crippen molar-refractivity contribution in [1.82, 2.24) is 23.8 Å². The number of anilines is 2. The molecule has 12 heteroatoms. The monoisotopic (exact) mass is 940 g/mol. The molecule has 0 radical (unpaired) electrons. The Labute approximate surface area is 412 Å². The van der Waals surface area contributed by atoms with Gasteiger partial charge in [0.05, 0.1) is 29.9 Å². The molecule has 3 aliphatic heterocycles. The first kappa shape index (κ1) is 49.2. The Kier molecular flexibility index (Phi) is 14.9. The molecule has 0 N–H and O–H groups in total. The van der Waals surface area contributed by atoms with Crippen LogP contribution in [0.25, 0.3) is 11.3 Å². The van der Waals surface area contributed by atoms with Crippen LogP contribution < -0.4 is 9.64 Å². The molecule has 3 atom stereocenters. The number of rotatable bonds is 11. The summed E-state index contributed by atoms with van der Waals surface area (Å²) in [6.07, 6.45) is 2.05. The number of morpholine rings is 1. The van der Waals surface area contributed by atoms with Gasteiger partial charge in [-0.3, -0.25) is 24.2 Å². The molecule has 12 nitrogen and oxygen atoms in total. The molecular formula is C58H65N7O5. The fraction of sp³-hybridized carbons (Fsp3) is 0.345. The number of carbonyl (C=O) groups is 3. The maximum atomic E-state index is 15.2. The van der Waals surface area contributed by atoms with Crippen LogP contribution in [0.2, 0.25) is 0 Å². The molecule has 0 spiro atoms. The van der Waals surface area contributed by atoms with Gasteiger partial charge in [0.15, 0.2) is 0 Å². The molecule has 5 heterocycles. The summed E-state index contributed by atoms with van der Waals surface area (Å²) in [4.78, 5) is 52.1. The Hall–Kier alpha value is -7.20. The molecule has 1 fully saturated rings. The minimum Gasteiger partial charge on any atom is -0.492 e. The molecule has 2 unspecified atom stereocenters. The predicted octanol–water partition coefficient (Wildman–Crippen LogP) is 9.50. The van der Waals surface area contributed by atoms with Crippen molar-refractivity contribution in [3.8, 4) is 23.1 Å². The lowest BCUT2D eigenvalue weighted by Gasteiger charge is -2.36. The van der Waals surface area contributed by atoms with Crippen molar-refractivity contribution in [3.05, 3.63) is 172 Å². The minimum atomic E-state index is -0.245. The Bertz CT molecular complexity index is 2920. The number of hydrogen-bond acceptors (Lipinski definition) is 7. The average Bonchev–Trinajstić information content (AvgIpc) is 3.82. The van der Waals surface area contributed by atoms with Crippen molar-refractivity contribution >= 4 is 29.1 Å². The molecule has 70 heavy (non-hydrogen) atoms. The van der Waals surface area contributed by atoms with Gasteiger partial charge in [0.1, 0.15) is 24.1 Å². The standard InChI is InChI=1S/C56H61N7O5.C2H4/c1-36-25-42-13-11-12-14-44(42)35-62(36)55(65)51-28-45-34-61(54(64)26-41-17-19-48(20-18-41)67-24-23-60-32-37(2)68-38(3)33-60)22-21-43(45)27-50(51)53-30-49(39(4)59(53)7)56(66)63(46-15-9-8-10-16-46)52-29-47(31-57)58(6)40(52)5;1-2/h8-20,27-30,36-38H,21-26,32-35H2,1-7H3;1-2H2/t36?,37-,38?;/m0./s1. The Morgan fingerprint density at radius 1 is 0.786 bits per heavy atom. The highest BCUT2D eigenvalue weighted by Gasteiger charge is 2.34. The van der Waals surface area contributed by atoms with E-state index in [0.717, 1.165) is 76.7 Å². The molecule has 0 bridgehead atoms. The van der Waals surface area contributed by atoms with Crippen LogP contribution in [-0.2, 0) is 56.0 Å².